The number of nitrogens with zero attached hydrogens (tertiary/aromatic N) is 3. The van der Waals surface area contributed by atoms with Gasteiger partial charge in [0.2, 0.25) is 10.0 Å². The smallest absolute Gasteiger partial charge is 0.355 e. The van der Waals surface area contributed by atoms with Crippen LogP contribution in [0.3, 0.4) is 0 Å². The van der Waals surface area contributed by atoms with Crippen LogP contribution in [0.5, 0.6) is 0 Å². The number of amides is 1. The molecule has 1 N–H and O–H groups in total. The van der Waals surface area contributed by atoms with Crippen molar-refractivity contribution < 1.29 is 22.7 Å². The summed E-state index contributed by atoms with van der Waals surface area (Å²) < 4.78 is 31.8. The third-order valence-electron chi connectivity index (χ3n) is 4.36. The second-order valence-electron chi connectivity index (χ2n) is 6.05. The number of H-pyrrole nitrogens is 1. The molecule has 1 amide bonds. The van der Waals surface area contributed by atoms with E-state index in [1.807, 2.05) is 6.07 Å². The van der Waals surface area contributed by atoms with Gasteiger partial charge in [-0.15, -0.1) is 0 Å². The highest BCUT2D eigenvalue weighted by Gasteiger charge is 2.31. The molecular weight excluding hydrogens is 384 g/mol. The van der Waals surface area contributed by atoms with Gasteiger partial charge in [0, 0.05) is 32.4 Å². The number of benzene rings is 1. The van der Waals surface area contributed by atoms with Gasteiger partial charge in [0.15, 0.2) is 6.61 Å². The van der Waals surface area contributed by atoms with Gasteiger partial charge >= 0.3 is 5.97 Å². The SMILES string of the molecule is N#Cc1ccccc1S(=O)(=O)N1CCN(C(=O)COC(=O)c2ccc[nH]2)CC1. The summed E-state index contributed by atoms with van der Waals surface area (Å²) in [5.41, 5.74) is 0.331. The number of aromatic nitrogens is 1. The predicted molar refractivity (Wildman–Crippen MR) is 97.6 cm³/mol. The van der Waals surface area contributed by atoms with Gasteiger partial charge in [-0.1, -0.05) is 12.1 Å². The topological polar surface area (TPSA) is 124 Å². The van der Waals surface area contributed by atoms with Crippen molar-refractivity contribution in [1.29, 1.82) is 5.26 Å². The first-order valence-corrected chi connectivity index (χ1v) is 9.95. The van der Waals surface area contributed by atoms with Crippen LogP contribution in [0.15, 0.2) is 47.5 Å². The van der Waals surface area contributed by atoms with Crippen LogP contribution in [0.1, 0.15) is 16.1 Å². The van der Waals surface area contributed by atoms with Gasteiger partial charge in [-0.2, -0.15) is 9.57 Å². The van der Waals surface area contributed by atoms with Crippen molar-refractivity contribution in [2.75, 3.05) is 32.8 Å². The van der Waals surface area contributed by atoms with Crippen molar-refractivity contribution in [2.24, 2.45) is 0 Å². The van der Waals surface area contributed by atoms with Crippen LogP contribution in [-0.4, -0.2) is 67.3 Å². The van der Waals surface area contributed by atoms with Gasteiger partial charge in [0.05, 0.1) is 10.5 Å². The zero-order valence-electron chi connectivity index (χ0n) is 14.9. The minimum absolute atomic E-state index is 0.0443. The maximum atomic E-state index is 12.8. The summed E-state index contributed by atoms with van der Waals surface area (Å²) in [6, 6.07) is 11.1. The highest BCUT2D eigenvalue weighted by molar-refractivity contribution is 7.89. The van der Waals surface area contributed by atoms with E-state index in [9.17, 15) is 18.0 Å². The van der Waals surface area contributed by atoms with E-state index < -0.39 is 28.5 Å². The number of nitriles is 1. The van der Waals surface area contributed by atoms with Crippen molar-refractivity contribution in [3.8, 4) is 6.07 Å². The minimum Gasteiger partial charge on any atom is -0.451 e. The highest BCUT2D eigenvalue weighted by atomic mass is 32.2. The van der Waals surface area contributed by atoms with Crippen molar-refractivity contribution in [3.05, 3.63) is 53.9 Å². The Kier molecular flexibility index (Phi) is 5.77. The molecule has 146 valence electrons. The first-order valence-electron chi connectivity index (χ1n) is 8.51. The maximum absolute atomic E-state index is 12.8. The molecule has 28 heavy (non-hydrogen) atoms. The van der Waals surface area contributed by atoms with E-state index >= 15 is 0 Å². The summed E-state index contributed by atoms with van der Waals surface area (Å²) >= 11 is 0. The number of sulfonamides is 1. The molecule has 1 aliphatic rings. The third-order valence-corrected chi connectivity index (χ3v) is 6.32. The standard InChI is InChI=1S/C18H18N4O5S/c19-12-14-4-1-2-6-16(14)28(25,26)22-10-8-21(9-11-22)17(23)13-27-18(24)15-5-3-7-20-15/h1-7,20H,8-11,13H2. The van der Waals surface area contributed by atoms with E-state index in [0.717, 1.165) is 0 Å². The van der Waals surface area contributed by atoms with Crippen molar-refractivity contribution in [3.63, 3.8) is 0 Å². The van der Waals surface area contributed by atoms with Crippen LogP contribution in [0.25, 0.3) is 0 Å². The molecule has 1 aromatic carbocycles. The second kappa shape index (κ2) is 8.24. The molecule has 2 heterocycles. The minimum atomic E-state index is -3.83. The molecule has 0 unspecified atom stereocenters. The lowest BCUT2D eigenvalue weighted by molar-refractivity contribution is -0.135. The van der Waals surface area contributed by atoms with Crippen molar-refractivity contribution >= 4 is 21.9 Å². The number of carbonyl (C=O) groups is 2. The Hall–Kier alpha value is -3.16. The predicted octanol–water partition coefficient (Wildman–Crippen LogP) is 0.576. The Bertz CT molecular complexity index is 1000. The summed E-state index contributed by atoms with van der Waals surface area (Å²) in [5, 5.41) is 9.14. The molecular formula is C18H18N4O5S. The van der Waals surface area contributed by atoms with Crippen LogP contribution in [0.2, 0.25) is 0 Å². The molecule has 0 saturated carbocycles. The lowest BCUT2D eigenvalue weighted by Gasteiger charge is -2.34. The molecule has 1 fully saturated rings. The number of esters is 1. The zero-order valence-corrected chi connectivity index (χ0v) is 15.7. The molecule has 0 aliphatic carbocycles. The number of nitrogens with one attached hydrogen (secondary N) is 1. The Labute approximate surface area is 162 Å². The fourth-order valence-electron chi connectivity index (χ4n) is 2.85. The number of piperazine rings is 1. The van der Waals surface area contributed by atoms with Gasteiger partial charge in [-0.3, -0.25) is 4.79 Å². The Morgan fingerprint density at radius 1 is 1.11 bits per heavy atom. The molecule has 2 aromatic rings. The number of hydrogen-bond donors (Lipinski definition) is 1. The van der Waals surface area contributed by atoms with E-state index in [1.54, 1.807) is 24.4 Å². The molecule has 1 aromatic heterocycles. The Morgan fingerprint density at radius 3 is 2.46 bits per heavy atom. The molecule has 3 rings (SSSR count). The fraction of sp³-hybridized carbons (Fsp3) is 0.278. The van der Waals surface area contributed by atoms with E-state index in [0.29, 0.717) is 0 Å². The maximum Gasteiger partial charge on any atom is 0.355 e. The van der Waals surface area contributed by atoms with Crippen LogP contribution in [0.4, 0.5) is 0 Å². The monoisotopic (exact) mass is 402 g/mol. The molecule has 0 atom stereocenters. The van der Waals surface area contributed by atoms with Crippen LogP contribution in [0, 0.1) is 11.3 Å². The normalized spacial score (nSPS) is 15.0. The lowest BCUT2D eigenvalue weighted by Crippen LogP contribution is -2.51. The molecule has 1 aliphatic heterocycles. The lowest BCUT2D eigenvalue weighted by atomic mass is 10.2. The second-order valence-corrected chi connectivity index (χ2v) is 7.96. The average Bonchev–Trinajstić information content (AvgIpc) is 3.27. The quantitative estimate of drug-likeness (QED) is 0.730. The van der Waals surface area contributed by atoms with Gasteiger partial charge < -0.3 is 14.6 Å². The summed E-state index contributed by atoms with van der Waals surface area (Å²) in [6.07, 6.45) is 1.57. The zero-order chi connectivity index (χ0) is 20.1. The summed E-state index contributed by atoms with van der Waals surface area (Å²) in [7, 11) is -3.83. The van der Waals surface area contributed by atoms with Gasteiger partial charge in [0.1, 0.15) is 11.8 Å². The fourth-order valence-corrected chi connectivity index (χ4v) is 4.42. The number of aromatic amines is 1. The first kappa shape index (κ1) is 19.6. The largest absolute Gasteiger partial charge is 0.451 e. The Morgan fingerprint density at radius 2 is 1.82 bits per heavy atom. The van der Waals surface area contributed by atoms with Gasteiger partial charge in [0.25, 0.3) is 5.91 Å². The number of ether oxygens (including phenoxy) is 1. The van der Waals surface area contributed by atoms with Crippen molar-refractivity contribution in [2.45, 2.75) is 4.90 Å². The number of rotatable bonds is 5. The molecule has 0 radical (unpaired) electrons. The van der Waals surface area contributed by atoms with Crippen LogP contribution >= 0.6 is 0 Å². The van der Waals surface area contributed by atoms with Crippen LogP contribution < -0.4 is 0 Å². The van der Waals surface area contributed by atoms with Gasteiger partial charge in [-0.05, 0) is 24.3 Å². The molecule has 1 saturated heterocycles. The molecule has 0 spiro atoms. The van der Waals surface area contributed by atoms with Crippen LogP contribution in [-0.2, 0) is 19.6 Å². The summed E-state index contributed by atoms with van der Waals surface area (Å²) in [4.78, 5) is 28.1. The van der Waals surface area contributed by atoms with E-state index in [-0.39, 0.29) is 42.3 Å². The number of hydrogen-bond acceptors (Lipinski definition) is 6. The first-order chi connectivity index (χ1) is 13.4. The summed E-state index contributed by atoms with van der Waals surface area (Å²) in [5.74, 6) is -1.03. The molecule has 10 heteroatoms. The average molecular weight is 402 g/mol. The molecule has 0 bridgehead atoms. The van der Waals surface area contributed by atoms with E-state index in [4.69, 9.17) is 10.00 Å². The Balaban J connectivity index is 1.57. The highest BCUT2D eigenvalue weighted by Crippen LogP contribution is 2.21. The van der Waals surface area contributed by atoms with E-state index in [1.165, 1.54) is 27.4 Å². The van der Waals surface area contributed by atoms with Crippen molar-refractivity contribution in [1.82, 2.24) is 14.2 Å². The van der Waals surface area contributed by atoms with E-state index in [2.05, 4.69) is 4.98 Å². The summed E-state index contributed by atoms with van der Waals surface area (Å²) in [6.45, 7) is 0.123. The van der Waals surface area contributed by atoms with Gasteiger partial charge in [-0.25, -0.2) is 13.2 Å². The third kappa shape index (κ3) is 4.05. The molecule has 9 nitrogen and oxygen atoms in total. The number of carbonyl (C=O) groups excluding carboxylic acids is 2.